The minimum atomic E-state index is -0.570. The fourth-order valence-corrected chi connectivity index (χ4v) is 4.47. The number of fused-ring (bicyclic) bond motifs is 2. The number of hydrogen-bond acceptors (Lipinski definition) is 5. The minimum absolute atomic E-state index is 0.0584. The van der Waals surface area contributed by atoms with Gasteiger partial charge in [-0.2, -0.15) is 0 Å². The highest BCUT2D eigenvalue weighted by atomic mass is 16.5. The van der Waals surface area contributed by atoms with E-state index in [1.807, 2.05) is 26.0 Å². The third kappa shape index (κ3) is 2.91. The van der Waals surface area contributed by atoms with E-state index in [1.54, 1.807) is 29.2 Å². The van der Waals surface area contributed by atoms with Gasteiger partial charge in [0.1, 0.15) is 11.3 Å². The molecule has 154 valence electrons. The number of rotatable bonds is 3. The third-order valence-corrected chi connectivity index (χ3v) is 6.22. The van der Waals surface area contributed by atoms with Gasteiger partial charge in [-0.3, -0.25) is 9.59 Å². The summed E-state index contributed by atoms with van der Waals surface area (Å²) in [5.41, 5.74) is 3.36. The number of ether oxygens (including phenoxy) is 1. The van der Waals surface area contributed by atoms with Gasteiger partial charge >= 0.3 is 0 Å². The van der Waals surface area contributed by atoms with Crippen molar-refractivity contribution >= 4 is 16.9 Å². The van der Waals surface area contributed by atoms with E-state index in [9.17, 15) is 14.7 Å². The maximum Gasteiger partial charge on any atom is 0.291 e. The number of hydrogen-bond donors (Lipinski definition) is 1. The number of carbonyl (C=O) groups is 1. The van der Waals surface area contributed by atoms with Crippen molar-refractivity contribution in [2.24, 2.45) is 0 Å². The molecule has 2 atom stereocenters. The topological polar surface area (TPSA) is 80.0 Å². The zero-order valence-corrected chi connectivity index (χ0v) is 17.0. The van der Waals surface area contributed by atoms with Crippen LogP contribution < -0.4 is 5.43 Å². The van der Waals surface area contributed by atoms with Crippen LogP contribution >= 0.6 is 0 Å². The van der Waals surface area contributed by atoms with Crippen LogP contribution in [-0.2, 0) is 4.74 Å². The molecule has 30 heavy (non-hydrogen) atoms. The number of phenolic OH excluding ortho intramolecular Hbond substituents is 1. The molecule has 2 aliphatic heterocycles. The van der Waals surface area contributed by atoms with Crippen molar-refractivity contribution in [1.29, 1.82) is 0 Å². The lowest BCUT2D eigenvalue weighted by molar-refractivity contribution is 0.0486. The van der Waals surface area contributed by atoms with Gasteiger partial charge in [0.05, 0.1) is 23.1 Å². The van der Waals surface area contributed by atoms with Crippen LogP contribution in [-0.4, -0.2) is 35.2 Å². The van der Waals surface area contributed by atoms with E-state index in [2.05, 4.69) is 0 Å². The zero-order valence-electron chi connectivity index (χ0n) is 17.0. The van der Waals surface area contributed by atoms with Gasteiger partial charge in [0, 0.05) is 13.2 Å². The van der Waals surface area contributed by atoms with Gasteiger partial charge < -0.3 is 19.2 Å². The fourth-order valence-electron chi connectivity index (χ4n) is 4.47. The first-order chi connectivity index (χ1) is 14.4. The summed E-state index contributed by atoms with van der Waals surface area (Å²) in [5, 5.41) is 10.2. The minimum Gasteiger partial charge on any atom is -0.508 e. The molecule has 5 rings (SSSR count). The normalized spacial score (nSPS) is 20.9. The van der Waals surface area contributed by atoms with Crippen LogP contribution in [0.3, 0.4) is 0 Å². The summed E-state index contributed by atoms with van der Waals surface area (Å²) in [4.78, 5) is 28.6. The van der Waals surface area contributed by atoms with Gasteiger partial charge in [-0.25, -0.2) is 0 Å². The lowest BCUT2D eigenvalue weighted by Crippen LogP contribution is -2.36. The highest BCUT2D eigenvalue weighted by Crippen LogP contribution is 2.39. The Bertz CT molecular complexity index is 1200. The average Bonchev–Trinajstić information content (AvgIpc) is 3.33. The first-order valence-corrected chi connectivity index (χ1v) is 10.2. The van der Waals surface area contributed by atoms with Crippen molar-refractivity contribution < 1.29 is 19.1 Å². The Morgan fingerprint density at radius 1 is 1.10 bits per heavy atom. The predicted molar refractivity (Wildman–Crippen MR) is 112 cm³/mol. The van der Waals surface area contributed by atoms with Crippen LogP contribution in [0.15, 0.2) is 45.6 Å². The molecule has 1 fully saturated rings. The van der Waals surface area contributed by atoms with Crippen LogP contribution in [0.1, 0.15) is 51.7 Å². The smallest absolute Gasteiger partial charge is 0.291 e. The van der Waals surface area contributed by atoms with Gasteiger partial charge in [0.15, 0.2) is 5.43 Å². The summed E-state index contributed by atoms with van der Waals surface area (Å²) in [7, 11) is 0. The molecular formula is C24H23NO5. The molecule has 1 N–H and O–H groups in total. The fraction of sp³-hybridized carbons (Fsp3) is 0.333. The van der Waals surface area contributed by atoms with Crippen molar-refractivity contribution in [1.82, 2.24) is 4.90 Å². The summed E-state index contributed by atoms with van der Waals surface area (Å²) in [5.74, 6) is -0.0618. The first kappa shape index (κ1) is 18.9. The molecular weight excluding hydrogens is 382 g/mol. The zero-order chi connectivity index (χ0) is 21.0. The molecule has 0 aliphatic carbocycles. The van der Waals surface area contributed by atoms with Crippen LogP contribution in [0.25, 0.3) is 11.0 Å². The van der Waals surface area contributed by atoms with Crippen molar-refractivity contribution in [2.75, 3.05) is 13.2 Å². The Balaban J connectivity index is 1.72. The second-order valence-electron chi connectivity index (χ2n) is 8.19. The highest BCUT2D eigenvalue weighted by molar-refractivity contribution is 5.99. The Morgan fingerprint density at radius 3 is 2.53 bits per heavy atom. The summed E-state index contributed by atoms with van der Waals surface area (Å²) in [6, 6.07) is 9.70. The van der Waals surface area contributed by atoms with E-state index in [0.717, 1.165) is 29.5 Å². The molecule has 3 aromatic rings. The van der Waals surface area contributed by atoms with E-state index >= 15 is 0 Å². The van der Waals surface area contributed by atoms with Crippen LogP contribution in [0.4, 0.5) is 0 Å². The summed E-state index contributed by atoms with van der Waals surface area (Å²) in [6.07, 6.45) is 1.78. The maximum absolute atomic E-state index is 13.5. The molecule has 1 saturated heterocycles. The van der Waals surface area contributed by atoms with Crippen LogP contribution in [0.5, 0.6) is 5.75 Å². The molecule has 2 aliphatic rings. The van der Waals surface area contributed by atoms with Crippen LogP contribution in [0, 0.1) is 13.8 Å². The molecule has 0 saturated carbocycles. The highest BCUT2D eigenvalue weighted by Gasteiger charge is 2.43. The average molecular weight is 405 g/mol. The second kappa shape index (κ2) is 6.99. The number of aryl methyl sites for hydroxylation is 2. The van der Waals surface area contributed by atoms with Crippen molar-refractivity contribution in [3.8, 4) is 5.75 Å². The maximum atomic E-state index is 13.5. The van der Waals surface area contributed by atoms with E-state index in [1.165, 1.54) is 0 Å². The van der Waals surface area contributed by atoms with E-state index in [4.69, 9.17) is 9.15 Å². The van der Waals surface area contributed by atoms with Gasteiger partial charge in [-0.15, -0.1) is 0 Å². The summed E-state index contributed by atoms with van der Waals surface area (Å²) >= 11 is 0. The SMILES string of the molecule is Cc1cc2oc3c(c(=O)c2cc1C)[C@H](c1ccc(O)cc1)N(C[C@@H]1CCCO1)C3=O. The molecule has 6 nitrogen and oxygen atoms in total. The van der Waals surface area contributed by atoms with Crippen molar-refractivity contribution in [2.45, 2.75) is 38.8 Å². The Morgan fingerprint density at radius 2 is 1.83 bits per heavy atom. The molecule has 0 unspecified atom stereocenters. The lowest BCUT2D eigenvalue weighted by Gasteiger charge is -2.27. The number of nitrogens with zero attached hydrogens (tertiary/aromatic N) is 1. The number of aromatic hydroxyl groups is 1. The Kier molecular flexibility index (Phi) is 4.40. The number of benzene rings is 2. The standard InChI is InChI=1S/C24H23NO5/c1-13-10-18-19(11-14(13)2)30-23-20(22(18)27)21(15-5-7-16(26)8-6-15)25(24(23)28)12-17-4-3-9-29-17/h5-8,10-11,17,21,26H,3-4,9,12H2,1-2H3/t17-,21-/m0/s1. The molecule has 0 radical (unpaired) electrons. The molecule has 1 amide bonds. The molecule has 3 heterocycles. The molecule has 2 aromatic carbocycles. The number of phenols is 1. The lowest BCUT2D eigenvalue weighted by atomic mass is 9.97. The van der Waals surface area contributed by atoms with Gasteiger partial charge in [0.25, 0.3) is 5.91 Å². The predicted octanol–water partition coefficient (Wildman–Crippen LogP) is 3.84. The van der Waals surface area contributed by atoms with Crippen molar-refractivity contribution in [3.63, 3.8) is 0 Å². The third-order valence-electron chi connectivity index (χ3n) is 6.22. The van der Waals surface area contributed by atoms with Gasteiger partial charge in [0.2, 0.25) is 5.76 Å². The van der Waals surface area contributed by atoms with E-state index in [-0.39, 0.29) is 28.9 Å². The van der Waals surface area contributed by atoms with Gasteiger partial charge in [-0.1, -0.05) is 12.1 Å². The Labute approximate surface area is 173 Å². The van der Waals surface area contributed by atoms with Crippen molar-refractivity contribution in [3.05, 3.63) is 74.6 Å². The van der Waals surface area contributed by atoms with Gasteiger partial charge in [-0.05, 0) is 67.6 Å². The monoisotopic (exact) mass is 405 g/mol. The largest absolute Gasteiger partial charge is 0.508 e. The van der Waals surface area contributed by atoms with E-state index in [0.29, 0.717) is 29.7 Å². The molecule has 1 aromatic heterocycles. The molecule has 0 bridgehead atoms. The molecule has 0 spiro atoms. The van der Waals surface area contributed by atoms with Crippen LogP contribution in [0.2, 0.25) is 0 Å². The quantitative estimate of drug-likeness (QED) is 0.716. The number of amides is 1. The molecule has 6 heteroatoms. The Hall–Kier alpha value is -3.12. The summed E-state index contributed by atoms with van der Waals surface area (Å²) in [6.45, 7) is 4.98. The van der Waals surface area contributed by atoms with E-state index < -0.39 is 6.04 Å². The second-order valence-corrected chi connectivity index (χ2v) is 8.19. The summed E-state index contributed by atoms with van der Waals surface area (Å²) < 4.78 is 11.8. The number of carbonyl (C=O) groups excluding carboxylic acids is 1. The first-order valence-electron chi connectivity index (χ1n) is 10.2.